The summed E-state index contributed by atoms with van der Waals surface area (Å²) in [5.74, 6) is -0.851. The summed E-state index contributed by atoms with van der Waals surface area (Å²) in [6.07, 6.45) is 0.189. The van der Waals surface area contributed by atoms with Gasteiger partial charge in [0, 0.05) is 0 Å². The van der Waals surface area contributed by atoms with Gasteiger partial charge in [-0.2, -0.15) is 0 Å². The topological polar surface area (TPSA) is 84.9 Å². The molecule has 0 aromatic heterocycles. The smallest absolute Gasteiger partial charge is 0.335 e. The highest BCUT2D eigenvalue weighted by atomic mass is 16.5. The van der Waals surface area contributed by atoms with Crippen molar-refractivity contribution in [2.24, 2.45) is 5.92 Å². The molecule has 0 unspecified atom stereocenters. The summed E-state index contributed by atoms with van der Waals surface area (Å²) in [4.78, 5) is 38.2. The van der Waals surface area contributed by atoms with Gasteiger partial charge in [-0.15, -0.1) is 0 Å². The first-order chi connectivity index (χ1) is 12.5. The molecule has 0 bridgehead atoms. The van der Waals surface area contributed by atoms with Crippen LogP contribution in [-0.2, 0) is 16.0 Å². The quantitative estimate of drug-likeness (QED) is 0.832. The van der Waals surface area contributed by atoms with E-state index in [1.54, 1.807) is 55.6 Å². The minimum atomic E-state index is -0.983. The van der Waals surface area contributed by atoms with Crippen LogP contribution in [0.2, 0.25) is 0 Å². The molecule has 134 valence electrons. The fourth-order valence-corrected chi connectivity index (χ4v) is 2.77. The molecule has 1 heterocycles. The Labute approximate surface area is 150 Å². The lowest BCUT2D eigenvalue weighted by atomic mass is 9.95. The summed E-state index contributed by atoms with van der Waals surface area (Å²) in [6.45, 7) is 0. The van der Waals surface area contributed by atoms with E-state index < -0.39 is 23.8 Å². The highest BCUT2D eigenvalue weighted by Gasteiger charge is 2.41. The van der Waals surface area contributed by atoms with Gasteiger partial charge in [-0.1, -0.05) is 12.1 Å². The van der Waals surface area contributed by atoms with Crippen molar-refractivity contribution in [1.82, 2.24) is 5.32 Å². The molecule has 1 fully saturated rings. The second-order valence-corrected chi connectivity index (χ2v) is 5.77. The van der Waals surface area contributed by atoms with Crippen LogP contribution in [0, 0.1) is 5.92 Å². The fraction of sp³-hybridized carbons (Fsp3) is 0.211. The molecule has 0 saturated carbocycles. The fourth-order valence-electron chi connectivity index (χ4n) is 2.77. The van der Waals surface area contributed by atoms with E-state index in [0.717, 1.165) is 10.5 Å². The number of urea groups is 1. The van der Waals surface area contributed by atoms with Crippen LogP contribution in [-0.4, -0.2) is 32.1 Å². The van der Waals surface area contributed by atoms with Crippen LogP contribution in [0.25, 0.3) is 0 Å². The predicted octanol–water partition coefficient (Wildman–Crippen LogP) is 2.15. The second kappa shape index (κ2) is 7.26. The summed E-state index contributed by atoms with van der Waals surface area (Å²) < 4.78 is 10.2. The lowest BCUT2D eigenvalue weighted by Gasteiger charge is -2.30. The molecule has 2 aromatic rings. The van der Waals surface area contributed by atoms with E-state index in [4.69, 9.17) is 9.47 Å². The second-order valence-electron chi connectivity index (χ2n) is 5.77. The molecule has 26 heavy (non-hydrogen) atoms. The molecule has 0 aliphatic carbocycles. The standard InChI is InChI=1S/C19H18N2O5/c1-25-14-7-3-12(4-8-14)11-16-17(22)20-19(24)21(18(16)23)13-5-9-15(26-2)10-6-13/h3-10,16H,11H2,1-2H3,(H,20,22,24)/t16-/m1/s1. The van der Waals surface area contributed by atoms with Crippen LogP contribution in [0.5, 0.6) is 11.5 Å². The van der Waals surface area contributed by atoms with E-state index in [1.165, 1.54) is 7.11 Å². The summed E-state index contributed by atoms with van der Waals surface area (Å²) >= 11 is 0. The Bertz CT molecular complexity index is 830. The van der Waals surface area contributed by atoms with Gasteiger partial charge in [0.1, 0.15) is 17.4 Å². The molecule has 2 aromatic carbocycles. The average Bonchev–Trinajstić information content (AvgIpc) is 2.66. The number of ether oxygens (including phenoxy) is 2. The molecule has 4 amide bonds. The molecule has 1 N–H and O–H groups in total. The van der Waals surface area contributed by atoms with E-state index in [-0.39, 0.29) is 6.42 Å². The van der Waals surface area contributed by atoms with Gasteiger partial charge < -0.3 is 9.47 Å². The van der Waals surface area contributed by atoms with Crippen LogP contribution < -0.4 is 19.7 Å². The number of benzene rings is 2. The lowest BCUT2D eigenvalue weighted by molar-refractivity contribution is -0.134. The monoisotopic (exact) mass is 354 g/mol. The number of carbonyl (C=O) groups excluding carboxylic acids is 3. The molecule has 1 saturated heterocycles. The van der Waals surface area contributed by atoms with Gasteiger partial charge in [0.05, 0.1) is 19.9 Å². The number of imide groups is 2. The van der Waals surface area contributed by atoms with Crippen LogP contribution in [0.15, 0.2) is 48.5 Å². The van der Waals surface area contributed by atoms with Gasteiger partial charge in [0.2, 0.25) is 11.8 Å². The number of amides is 4. The SMILES string of the molecule is COc1ccc(C[C@@H]2C(=O)NC(=O)N(c3ccc(OC)cc3)C2=O)cc1. The highest BCUT2D eigenvalue weighted by molar-refractivity contribution is 6.27. The van der Waals surface area contributed by atoms with Crippen LogP contribution in [0.3, 0.4) is 0 Å². The molecule has 7 nitrogen and oxygen atoms in total. The minimum absolute atomic E-state index is 0.189. The Morgan fingerprint density at radius 2 is 1.42 bits per heavy atom. The molecular weight excluding hydrogens is 336 g/mol. The van der Waals surface area contributed by atoms with Crippen molar-refractivity contribution in [3.05, 3.63) is 54.1 Å². The van der Waals surface area contributed by atoms with Gasteiger partial charge in [0.15, 0.2) is 0 Å². The molecule has 0 radical (unpaired) electrons. The normalized spacial score (nSPS) is 17.1. The lowest BCUT2D eigenvalue weighted by Crippen LogP contribution is -2.58. The third-order valence-corrected chi connectivity index (χ3v) is 4.20. The van der Waals surface area contributed by atoms with Gasteiger partial charge in [-0.05, 0) is 48.4 Å². The minimum Gasteiger partial charge on any atom is -0.497 e. The molecular formula is C19H18N2O5. The van der Waals surface area contributed by atoms with Gasteiger partial charge >= 0.3 is 6.03 Å². The molecule has 3 rings (SSSR count). The van der Waals surface area contributed by atoms with Crippen molar-refractivity contribution in [1.29, 1.82) is 0 Å². The number of methoxy groups -OCH3 is 2. The third-order valence-electron chi connectivity index (χ3n) is 4.20. The van der Waals surface area contributed by atoms with E-state index in [9.17, 15) is 14.4 Å². The molecule has 7 heteroatoms. The van der Waals surface area contributed by atoms with Crippen molar-refractivity contribution in [3.63, 3.8) is 0 Å². The van der Waals surface area contributed by atoms with E-state index >= 15 is 0 Å². The van der Waals surface area contributed by atoms with Crippen LogP contribution in [0.4, 0.5) is 10.5 Å². The number of barbiturate groups is 1. The Hall–Kier alpha value is -3.35. The van der Waals surface area contributed by atoms with E-state index in [0.29, 0.717) is 17.2 Å². The zero-order valence-electron chi connectivity index (χ0n) is 14.4. The maximum absolute atomic E-state index is 12.8. The van der Waals surface area contributed by atoms with Crippen molar-refractivity contribution in [2.45, 2.75) is 6.42 Å². The van der Waals surface area contributed by atoms with Crippen LogP contribution >= 0.6 is 0 Å². The first-order valence-electron chi connectivity index (χ1n) is 7.99. The number of nitrogens with zero attached hydrogens (tertiary/aromatic N) is 1. The van der Waals surface area contributed by atoms with E-state index in [2.05, 4.69) is 5.32 Å². The first-order valence-corrected chi connectivity index (χ1v) is 7.99. The Morgan fingerprint density at radius 3 is 1.96 bits per heavy atom. The molecule has 1 atom stereocenters. The number of hydrogen-bond donors (Lipinski definition) is 1. The zero-order chi connectivity index (χ0) is 18.7. The van der Waals surface area contributed by atoms with Crippen molar-refractivity contribution < 1.29 is 23.9 Å². The Morgan fingerprint density at radius 1 is 0.885 bits per heavy atom. The van der Waals surface area contributed by atoms with Crippen molar-refractivity contribution in [3.8, 4) is 11.5 Å². The van der Waals surface area contributed by atoms with Crippen molar-refractivity contribution >= 4 is 23.5 Å². The van der Waals surface area contributed by atoms with Crippen LogP contribution in [0.1, 0.15) is 5.56 Å². The largest absolute Gasteiger partial charge is 0.497 e. The average molecular weight is 354 g/mol. The summed E-state index contributed by atoms with van der Waals surface area (Å²) in [5, 5.41) is 2.25. The van der Waals surface area contributed by atoms with Crippen molar-refractivity contribution in [2.75, 3.05) is 19.1 Å². The number of rotatable bonds is 5. The zero-order valence-corrected chi connectivity index (χ0v) is 14.4. The maximum Gasteiger partial charge on any atom is 0.335 e. The van der Waals surface area contributed by atoms with Gasteiger partial charge in [-0.25, -0.2) is 9.69 Å². The van der Waals surface area contributed by atoms with Gasteiger partial charge in [0.25, 0.3) is 0 Å². The predicted molar refractivity (Wildman–Crippen MR) is 94.2 cm³/mol. The summed E-state index contributed by atoms with van der Waals surface area (Å²) in [5.41, 5.74) is 1.17. The summed E-state index contributed by atoms with van der Waals surface area (Å²) in [6, 6.07) is 12.8. The highest BCUT2D eigenvalue weighted by Crippen LogP contribution is 2.25. The summed E-state index contributed by atoms with van der Waals surface area (Å²) in [7, 11) is 3.09. The number of carbonyl (C=O) groups is 3. The number of nitrogens with one attached hydrogen (secondary N) is 1. The number of anilines is 1. The first kappa shape index (κ1) is 17.5. The maximum atomic E-state index is 12.8. The molecule has 0 spiro atoms. The third kappa shape index (κ3) is 3.37. The molecule has 1 aliphatic rings. The Balaban J connectivity index is 1.84. The molecule has 1 aliphatic heterocycles. The Kier molecular flexibility index (Phi) is 4.88. The van der Waals surface area contributed by atoms with Gasteiger partial charge in [-0.3, -0.25) is 14.9 Å². The number of hydrogen-bond acceptors (Lipinski definition) is 5. The van der Waals surface area contributed by atoms with E-state index in [1.807, 2.05) is 0 Å².